The minimum Gasteiger partial charge on any atom is -0.744 e. The van der Waals surface area contributed by atoms with Crippen molar-refractivity contribution >= 4 is 10.1 Å². The van der Waals surface area contributed by atoms with Crippen LogP contribution >= 0.6 is 0 Å². The van der Waals surface area contributed by atoms with Gasteiger partial charge in [0.05, 0.1) is 0 Å². The van der Waals surface area contributed by atoms with Crippen molar-refractivity contribution in [1.82, 2.24) is 0 Å². The second-order valence-electron chi connectivity index (χ2n) is 7.19. The quantitative estimate of drug-likeness (QED) is 0.279. The van der Waals surface area contributed by atoms with Gasteiger partial charge in [0.1, 0.15) is 26.5 Å². The van der Waals surface area contributed by atoms with Crippen LogP contribution in [-0.2, 0) is 16.5 Å². The summed E-state index contributed by atoms with van der Waals surface area (Å²) in [6, 6.07) is 13.9. The van der Waals surface area contributed by atoms with Gasteiger partial charge in [-0.25, -0.2) is 8.42 Å². The molecule has 0 aromatic heterocycles. The van der Waals surface area contributed by atoms with Crippen molar-refractivity contribution in [2.75, 3.05) is 0 Å². The maximum Gasteiger partial charge on any atom is 1.00 e. The summed E-state index contributed by atoms with van der Waals surface area (Å²) in [6.45, 7) is 2.22. The normalized spacial score (nSPS) is 11.1. The SMILES string of the molecule is CCCCCCCCCCCc1cccc(Oc2ccccc2)c1S(=O)(=O)[O-].[Na+]. The maximum absolute atomic E-state index is 11.9. The van der Waals surface area contributed by atoms with Crippen molar-refractivity contribution in [3.63, 3.8) is 0 Å². The fourth-order valence-corrected chi connectivity index (χ4v) is 4.21. The van der Waals surface area contributed by atoms with Crippen molar-refractivity contribution in [2.45, 2.75) is 76.0 Å². The van der Waals surface area contributed by atoms with E-state index in [0.29, 0.717) is 17.7 Å². The van der Waals surface area contributed by atoms with Crippen molar-refractivity contribution in [1.29, 1.82) is 0 Å². The average Bonchev–Trinajstić information content (AvgIpc) is 2.67. The third-order valence-corrected chi connectivity index (χ3v) is 5.79. The van der Waals surface area contributed by atoms with E-state index in [0.717, 1.165) is 19.3 Å². The van der Waals surface area contributed by atoms with E-state index >= 15 is 0 Å². The Bertz CT molecular complexity index is 807. The molecule has 0 fully saturated rings. The Hall–Kier alpha value is -0.850. The van der Waals surface area contributed by atoms with E-state index in [4.69, 9.17) is 4.74 Å². The molecule has 6 heteroatoms. The molecule has 0 aliphatic rings. The summed E-state index contributed by atoms with van der Waals surface area (Å²) in [4.78, 5) is -0.224. The fraction of sp³-hybridized carbons (Fsp3) is 0.478. The second-order valence-corrected chi connectivity index (χ2v) is 8.51. The zero-order chi connectivity index (χ0) is 20.2. The van der Waals surface area contributed by atoms with Gasteiger partial charge in [-0.3, -0.25) is 0 Å². The van der Waals surface area contributed by atoms with Gasteiger partial charge in [-0.2, -0.15) is 0 Å². The monoisotopic (exact) mass is 426 g/mol. The van der Waals surface area contributed by atoms with Crippen molar-refractivity contribution in [2.24, 2.45) is 0 Å². The van der Waals surface area contributed by atoms with Crippen LogP contribution in [0.25, 0.3) is 0 Å². The van der Waals surface area contributed by atoms with Gasteiger partial charge in [-0.15, -0.1) is 0 Å². The van der Waals surface area contributed by atoms with Crippen LogP contribution < -0.4 is 34.3 Å². The van der Waals surface area contributed by atoms with Crippen molar-refractivity contribution in [3.05, 3.63) is 54.1 Å². The van der Waals surface area contributed by atoms with E-state index in [1.54, 1.807) is 36.4 Å². The zero-order valence-electron chi connectivity index (χ0n) is 17.7. The Morgan fingerprint density at radius 3 is 1.97 bits per heavy atom. The Morgan fingerprint density at radius 1 is 0.793 bits per heavy atom. The number of hydrogen-bond donors (Lipinski definition) is 0. The predicted octanol–water partition coefficient (Wildman–Crippen LogP) is 3.46. The molecule has 0 unspecified atom stereocenters. The van der Waals surface area contributed by atoms with Crippen LogP contribution in [0, 0.1) is 0 Å². The van der Waals surface area contributed by atoms with Crippen LogP contribution in [-0.4, -0.2) is 13.0 Å². The predicted molar refractivity (Wildman–Crippen MR) is 112 cm³/mol. The number of rotatable bonds is 13. The molecular formula is C23H31NaO4S. The Balaban J connectivity index is 0.00000420. The van der Waals surface area contributed by atoms with E-state index in [-0.39, 0.29) is 40.2 Å². The van der Waals surface area contributed by atoms with E-state index in [2.05, 4.69) is 6.92 Å². The first kappa shape index (κ1) is 26.2. The third-order valence-electron chi connectivity index (χ3n) is 4.83. The van der Waals surface area contributed by atoms with Crippen molar-refractivity contribution < 1.29 is 47.3 Å². The first-order chi connectivity index (χ1) is 13.5. The fourth-order valence-electron chi connectivity index (χ4n) is 3.36. The van der Waals surface area contributed by atoms with Gasteiger partial charge in [-0.05, 0) is 36.6 Å². The molecule has 29 heavy (non-hydrogen) atoms. The van der Waals surface area contributed by atoms with Gasteiger partial charge in [0.15, 0.2) is 0 Å². The average molecular weight is 427 g/mol. The van der Waals surface area contributed by atoms with Gasteiger partial charge in [-0.1, -0.05) is 88.6 Å². The number of aryl methyl sites for hydroxylation is 1. The Morgan fingerprint density at radius 2 is 1.38 bits per heavy atom. The first-order valence-corrected chi connectivity index (χ1v) is 11.7. The zero-order valence-corrected chi connectivity index (χ0v) is 20.5. The summed E-state index contributed by atoms with van der Waals surface area (Å²) in [5.41, 5.74) is 0.548. The van der Waals surface area contributed by atoms with Gasteiger partial charge < -0.3 is 9.29 Å². The minimum absolute atomic E-state index is 0. The molecule has 0 atom stereocenters. The number of unbranched alkanes of at least 4 members (excludes halogenated alkanes) is 8. The molecule has 0 heterocycles. The molecule has 2 aromatic carbocycles. The number of hydrogen-bond acceptors (Lipinski definition) is 4. The smallest absolute Gasteiger partial charge is 0.744 e. The molecule has 2 rings (SSSR count). The molecule has 0 aliphatic heterocycles. The van der Waals surface area contributed by atoms with Gasteiger partial charge in [0.2, 0.25) is 0 Å². The molecule has 0 N–H and O–H groups in total. The van der Waals surface area contributed by atoms with E-state index < -0.39 is 10.1 Å². The summed E-state index contributed by atoms with van der Waals surface area (Å²) in [6.07, 6.45) is 11.3. The third kappa shape index (κ3) is 9.67. The van der Waals surface area contributed by atoms with Crippen LogP contribution in [0.1, 0.15) is 70.3 Å². The molecule has 0 spiro atoms. The van der Waals surface area contributed by atoms with E-state index in [1.165, 1.54) is 44.6 Å². The second kappa shape index (κ2) is 14.2. The van der Waals surface area contributed by atoms with Gasteiger partial charge >= 0.3 is 29.6 Å². The molecule has 0 radical (unpaired) electrons. The number of para-hydroxylation sites is 1. The van der Waals surface area contributed by atoms with Crippen LogP contribution in [0.5, 0.6) is 11.5 Å². The Labute approximate surface area is 198 Å². The molecule has 0 amide bonds. The number of benzene rings is 2. The molecule has 0 saturated heterocycles. The van der Waals surface area contributed by atoms with Crippen LogP contribution in [0.2, 0.25) is 0 Å². The van der Waals surface area contributed by atoms with Crippen LogP contribution in [0.15, 0.2) is 53.4 Å². The first-order valence-electron chi connectivity index (χ1n) is 10.3. The minimum atomic E-state index is -4.62. The van der Waals surface area contributed by atoms with Crippen molar-refractivity contribution in [3.8, 4) is 11.5 Å². The molecular weight excluding hydrogens is 395 g/mol. The van der Waals surface area contributed by atoms with Gasteiger partial charge in [0.25, 0.3) is 0 Å². The largest absolute Gasteiger partial charge is 1.00 e. The molecule has 4 nitrogen and oxygen atoms in total. The summed E-state index contributed by atoms with van der Waals surface area (Å²) in [7, 11) is -4.62. The molecule has 0 bridgehead atoms. The van der Waals surface area contributed by atoms with E-state index in [9.17, 15) is 13.0 Å². The topological polar surface area (TPSA) is 66.4 Å². The summed E-state index contributed by atoms with van der Waals surface area (Å²) >= 11 is 0. The summed E-state index contributed by atoms with van der Waals surface area (Å²) in [5.74, 6) is 0.613. The molecule has 0 saturated carbocycles. The van der Waals surface area contributed by atoms with Crippen LogP contribution in [0.4, 0.5) is 0 Å². The standard InChI is InChI=1S/C23H32O4S.Na/c1-2-3-4-5-6-7-8-9-11-15-20-16-14-19-22(23(20)28(24,25)26)27-21-17-12-10-13-18-21;/h10,12-14,16-19H,2-9,11,15H2,1H3,(H,24,25,26);/q;+1/p-1. The number of ether oxygens (including phenoxy) is 1. The maximum atomic E-state index is 11.9. The van der Waals surface area contributed by atoms with Gasteiger partial charge in [0, 0.05) is 0 Å². The Kier molecular flexibility index (Phi) is 12.8. The molecule has 154 valence electrons. The summed E-state index contributed by atoms with van der Waals surface area (Å²) in [5, 5.41) is 0. The van der Waals surface area contributed by atoms with E-state index in [1.807, 2.05) is 6.07 Å². The summed E-state index contributed by atoms with van der Waals surface area (Å²) < 4.78 is 41.4. The molecule has 0 aliphatic carbocycles. The van der Waals surface area contributed by atoms with Crippen LogP contribution in [0.3, 0.4) is 0 Å². The molecule has 2 aromatic rings.